The Morgan fingerprint density at radius 1 is 1.50 bits per heavy atom. The Kier molecular flexibility index (Phi) is 3.19. The molecule has 0 bridgehead atoms. The molecule has 0 aliphatic carbocycles. The van der Waals surface area contributed by atoms with Crippen LogP contribution in [0, 0.1) is 0 Å². The minimum atomic E-state index is 0.00488. The number of aromatic hydroxyl groups is 1. The highest BCUT2D eigenvalue weighted by molar-refractivity contribution is 6.32. The lowest BCUT2D eigenvalue weighted by molar-refractivity contribution is 0.0510. The first kappa shape index (κ1) is 9.16. The average molecular weight is 189 g/mol. The van der Waals surface area contributed by atoms with Gasteiger partial charge in [0.1, 0.15) is 11.5 Å². The molecular weight excluding hydrogens is 180 g/mol. The number of rotatable bonds is 3. The molecule has 1 rings (SSSR count). The molecule has 0 fully saturated rings. The third-order valence-electron chi connectivity index (χ3n) is 1.26. The second-order valence-electron chi connectivity index (χ2n) is 2.16. The molecule has 66 valence electrons. The van der Waals surface area contributed by atoms with E-state index in [9.17, 15) is 0 Å². The molecule has 4 heteroatoms. The van der Waals surface area contributed by atoms with E-state index in [1.807, 2.05) is 0 Å². The quantitative estimate of drug-likeness (QED) is 0.738. The molecule has 0 aromatic heterocycles. The van der Waals surface area contributed by atoms with E-state index in [1.165, 1.54) is 13.2 Å². The van der Waals surface area contributed by atoms with Crippen LogP contribution in [0.15, 0.2) is 18.2 Å². The Hall–Kier alpha value is -0.930. The maximum absolute atomic E-state index is 9.15. The van der Waals surface area contributed by atoms with E-state index in [0.29, 0.717) is 10.8 Å². The molecule has 0 heterocycles. The van der Waals surface area contributed by atoms with Gasteiger partial charge in [0.2, 0.25) is 0 Å². The van der Waals surface area contributed by atoms with Crippen LogP contribution in [0.1, 0.15) is 0 Å². The van der Waals surface area contributed by atoms with Gasteiger partial charge in [0.15, 0.2) is 6.79 Å². The number of phenols is 1. The first-order valence-corrected chi connectivity index (χ1v) is 3.72. The summed E-state index contributed by atoms with van der Waals surface area (Å²) in [6.45, 7) is 0.154. The van der Waals surface area contributed by atoms with Gasteiger partial charge >= 0.3 is 0 Å². The van der Waals surface area contributed by atoms with Crippen molar-refractivity contribution in [3.8, 4) is 11.5 Å². The summed E-state index contributed by atoms with van der Waals surface area (Å²) in [4.78, 5) is 0. The fourth-order valence-electron chi connectivity index (χ4n) is 0.709. The molecule has 0 amide bonds. The summed E-state index contributed by atoms with van der Waals surface area (Å²) in [7, 11) is 1.52. The zero-order valence-corrected chi connectivity index (χ0v) is 7.34. The predicted molar refractivity (Wildman–Crippen MR) is 45.6 cm³/mol. The third kappa shape index (κ3) is 2.29. The van der Waals surface area contributed by atoms with E-state index in [4.69, 9.17) is 21.4 Å². The summed E-state index contributed by atoms with van der Waals surface area (Å²) in [5, 5.41) is 9.45. The maximum Gasteiger partial charge on any atom is 0.188 e. The first-order chi connectivity index (χ1) is 5.74. The van der Waals surface area contributed by atoms with Crippen molar-refractivity contribution in [3.63, 3.8) is 0 Å². The lowest BCUT2D eigenvalue weighted by Crippen LogP contribution is -1.98. The molecule has 1 N–H and O–H groups in total. The van der Waals surface area contributed by atoms with Gasteiger partial charge in [0.05, 0.1) is 5.02 Å². The molecule has 12 heavy (non-hydrogen) atoms. The molecule has 1 aromatic carbocycles. The van der Waals surface area contributed by atoms with Crippen LogP contribution in [0.25, 0.3) is 0 Å². The van der Waals surface area contributed by atoms with Crippen molar-refractivity contribution >= 4 is 11.6 Å². The summed E-state index contributed by atoms with van der Waals surface area (Å²) in [5.41, 5.74) is 0. The van der Waals surface area contributed by atoms with Crippen molar-refractivity contribution in [1.82, 2.24) is 0 Å². The van der Waals surface area contributed by atoms with Gasteiger partial charge in [0.25, 0.3) is 0 Å². The van der Waals surface area contributed by atoms with Crippen LogP contribution in [0.4, 0.5) is 0 Å². The van der Waals surface area contributed by atoms with Crippen molar-refractivity contribution < 1.29 is 14.6 Å². The molecule has 0 unspecified atom stereocenters. The maximum atomic E-state index is 9.15. The van der Waals surface area contributed by atoms with Gasteiger partial charge in [-0.05, 0) is 12.1 Å². The zero-order chi connectivity index (χ0) is 8.97. The summed E-state index contributed by atoms with van der Waals surface area (Å²) < 4.78 is 9.73. The van der Waals surface area contributed by atoms with Crippen molar-refractivity contribution in [3.05, 3.63) is 23.2 Å². The summed E-state index contributed by atoms with van der Waals surface area (Å²) in [5.74, 6) is 0.531. The van der Waals surface area contributed by atoms with Crippen LogP contribution >= 0.6 is 11.6 Å². The minimum absolute atomic E-state index is 0.00488. The monoisotopic (exact) mass is 188 g/mol. The Balaban J connectivity index is 2.69. The molecule has 0 spiro atoms. The van der Waals surface area contributed by atoms with Crippen molar-refractivity contribution in [1.29, 1.82) is 0 Å². The van der Waals surface area contributed by atoms with Gasteiger partial charge < -0.3 is 14.6 Å². The second kappa shape index (κ2) is 4.18. The van der Waals surface area contributed by atoms with Crippen molar-refractivity contribution in [2.24, 2.45) is 0 Å². The Bertz CT molecular complexity index is 262. The lowest BCUT2D eigenvalue weighted by Gasteiger charge is -2.04. The smallest absolute Gasteiger partial charge is 0.188 e. The molecule has 0 atom stereocenters. The topological polar surface area (TPSA) is 38.7 Å². The number of hydrogen-bond acceptors (Lipinski definition) is 3. The summed E-state index contributed by atoms with van der Waals surface area (Å²) in [6.07, 6.45) is 0. The molecule has 0 aliphatic rings. The highest BCUT2D eigenvalue weighted by Crippen LogP contribution is 2.27. The highest BCUT2D eigenvalue weighted by Gasteiger charge is 1.99. The van der Waals surface area contributed by atoms with Crippen LogP contribution in [-0.2, 0) is 4.74 Å². The average Bonchev–Trinajstić information content (AvgIpc) is 2.07. The fourth-order valence-corrected chi connectivity index (χ4v) is 0.827. The van der Waals surface area contributed by atoms with Gasteiger partial charge in [-0.25, -0.2) is 0 Å². The first-order valence-electron chi connectivity index (χ1n) is 3.34. The molecule has 1 aromatic rings. The highest BCUT2D eigenvalue weighted by atomic mass is 35.5. The molecule has 0 aliphatic heterocycles. The number of halogens is 1. The van der Waals surface area contributed by atoms with Crippen LogP contribution in [0.3, 0.4) is 0 Å². The van der Waals surface area contributed by atoms with Gasteiger partial charge in [-0.3, -0.25) is 0 Å². The van der Waals surface area contributed by atoms with E-state index in [1.54, 1.807) is 12.1 Å². The van der Waals surface area contributed by atoms with E-state index in [2.05, 4.69) is 4.74 Å². The standard InChI is InChI=1S/C8H9ClO3/c1-11-5-12-6-2-3-7(9)8(10)4-6/h2-4,10H,5H2,1H3. The number of phenolic OH excluding ortho intramolecular Hbond substituents is 1. The SMILES string of the molecule is COCOc1ccc(Cl)c(O)c1. The van der Waals surface area contributed by atoms with E-state index < -0.39 is 0 Å². The fraction of sp³-hybridized carbons (Fsp3) is 0.250. The Labute approximate surface area is 75.5 Å². The van der Waals surface area contributed by atoms with Crippen molar-refractivity contribution in [2.75, 3.05) is 13.9 Å². The van der Waals surface area contributed by atoms with E-state index in [0.717, 1.165) is 0 Å². The number of methoxy groups -OCH3 is 1. The van der Waals surface area contributed by atoms with Gasteiger partial charge in [-0.2, -0.15) is 0 Å². The van der Waals surface area contributed by atoms with Crippen LogP contribution in [-0.4, -0.2) is 19.0 Å². The van der Waals surface area contributed by atoms with E-state index >= 15 is 0 Å². The van der Waals surface area contributed by atoms with Gasteiger partial charge in [-0.15, -0.1) is 0 Å². The normalized spacial score (nSPS) is 9.83. The molecule has 0 saturated carbocycles. The molecular formula is C8H9ClO3. The number of hydrogen-bond donors (Lipinski definition) is 1. The van der Waals surface area contributed by atoms with E-state index in [-0.39, 0.29) is 12.5 Å². The summed E-state index contributed by atoms with van der Waals surface area (Å²) in [6, 6.07) is 4.64. The lowest BCUT2D eigenvalue weighted by atomic mass is 10.3. The number of ether oxygens (including phenoxy) is 2. The van der Waals surface area contributed by atoms with Gasteiger partial charge in [-0.1, -0.05) is 11.6 Å². The van der Waals surface area contributed by atoms with Crippen LogP contribution in [0.5, 0.6) is 11.5 Å². The van der Waals surface area contributed by atoms with Gasteiger partial charge in [0, 0.05) is 13.2 Å². The summed E-state index contributed by atoms with van der Waals surface area (Å²) >= 11 is 5.58. The number of benzene rings is 1. The van der Waals surface area contributed by atoms with Crippen molar-refractivity contribution in [2.45, 2.75) is 0 Å². The van der Waals surface area contributed by atoms with Crippen LogP contribution in [0.2, 0.25) is 5.02 Å². The Morgan fingerprint density at radius 2 is 2.25 bits per heavy atom. The largest absolute Gasteiger partial charge is 0.506 e. The molecule has 0 saturated heterocycles. The zero-order valence-electron chi connectivity index (χ0n) is 6.58. The molecule has 0 radical (unpaired) electrons. The minimum Gasteiger partial charge on any atom is -0.506 e. The van der Waals surface area contributed by atoms with Crippen LogP contribution < -0.4 is 4.74 Å². The molecule has 3 nitrogen and oxygen atoms in total. The Morgan fingerprint density at radius 3 is 2.83 bits per heavy atom. The predicted octanol–water partition coefficient (Wildman–Crippen LogP) is 2.03. The third-order valence-corrected chi connectivity index (χ3v) is 1.58. The second-order valence-corrected chi connectivity index (χ2v) is 2.57.